The van der Waals surface area contributed by atoms with Crippen molar-refractivity contribution in [3.05, 3.63) is 65.2 Å². The number of imide groups is 1. The van der Waals surface area contributed by atoms with Crippen molar-refractivity contribution >= 4 is 39.9 Å². The Hall–Kier alpha value is -3.19. The summed E-state index contributed by atoms with van der Waals surface area (Å²) < 4.78 is 13.2. The predicted molar refractivity (Wildman–Crippen MR) is 128 cm³/mol. The summed E-state index contributed by atoms with van der Waals surface area (Å²) >= 11 is 1.02. The molecule has 2 aromatic carbocycles. The molecule has 0 unspecified atom stereocenters. The number of amides is 2. The van der Waals surface area contributed by atoms with Crippen molar-refractivity contribution in [2.45, 2.75) is 26.3 Å². The fourth-order valence-corrected chi connectivity index (χ4v) is 4.52. The Morgan fingerprint density at radius 3 is 2.50 bits per heavy atom. The van der Waals surface area contributed by atoms with E-state index in [4.69, 9.17) is 9.47 Å². The van der Waals surface area contributed by atoms with Crippen molar-refractivity contribution in [2.75, 3.05) is 20.3 Å². The van der Waals surface area contributed by atoms with Gasteiger partial charge in [-0.2, -0.15) is 0 Å². The Morgan fingerprint density at radius 1 is 1.00 bits per heavy atom. The SMILES string of the molecule is CCCCN1C(=O)S/C(=C\c2cn(CCOc3ccc(OC)cc3)c3ccccc23)C1=O. The van der Waals surface area contributed by atoms with Crippen LogP contribution in [0.2, 0.25) is 0 Å². The summed E-state index contributed by atoms with van der Waals surface area (Å²) in [4.78, 5) is 26.8. The number of carbonyl (C=O) groups is 2. The Labute approximate surface area is 191 Å². The van der Waals surface area contributed by atoms with Gasteiger partial charge in [0.1, 0.15) is 18.1 Å². The van der Waals surface area contributed by atoms with Gasteiger partial charge in [-0.15, -0.1) is 0 Å². The van der Waals surface area contributed by atoms with Crippen molar-refractivity contribution in [2.24, 2.45) is 0 Å². The van der Waals surface area contributed by atoms with E-state index in [2.05, 4.69) is 4.57 Å². The number of para-hydroxylation sites is 1. The minimum Gasteiger partial charge on any atom is -0.497 e. The molecular formula is C25H26N2O4S. The Balaban J connectivity index is 1.52. The third-order valence-electron chi connectivity index (χ3n) is 5.38. The van der Waals surface area contributed by atoms with Crippen LogP contribution in [0.25, 0.3) is 17.0 Å². The van der Waals surface area contributed by atoms with Crippen molar-refractivity contribution < 1.29 is 19.1 Å². The Bertz CT molecular complexity index is 1150. The van der Waals surface area contributed by atoms with Gasteiger partial charge < -0.3 is 14.0 Å². The first kappa shape index (κ1) is 22.0. The molecule has 2 amide bonds. The van der Waals surface area contributed by atoms with E-state index in [1.165, 1.54) is 4.90 Å². The van der Waals surface area contributed by atoms with Gasteiger partial charge >= 0.3 is 0 Å². The number of ether oxygens (including phenoxy) is 2. The van der Waals surface area contributed by atoms with Crippen LogP contribution in [0.5, 0.6) is 11.5 Å². The zero-order valence-corrected chi connectivity index (χ0v) is 19.1. The summed E-state index contributed by atoms with van der Waals surface area (Å²) in [6, 6.07) is 15.5. The molecule has 1 aromatic heterocycles. The molecule has 7 heteroatoms. The molecule has 0 saturated carbocycles. The lowest BCUT2D eigenvalue weighted by molar-refractivity contribution is -0.122. The maximum atomic E-state index is 12.7. The summed E-state index contributed by atoms with van der Waals surface area (Å²) in [6.45, 7) is 3.67. The van der Waals surface area contributed by atoms with Gasteiger partial charge in [0.25, 0.3) is 11.1 Å². The first-order valence-corrected chi connectivity index (χ1v) is 11.5. The summed E-state index contributed by atoms with van der Waals surface area (Å²) in [5.41, 5.74) is 1.98. The maximum Gasteiger partial charge on any atom is 0.293 e. The molecule has 0 atom stereocenters. The molecule has 1 aliphatic heterocycles. The van der Waals surface area contributed by atoms with Crippen LogP contribution in [0, 0.1) is 0 Å². The fourth-order valence-electron chi connectivity index (χ4n) is 3.66. The lowest BCUT2D eigenvalue weighted by Crippen LogP contribution is -2.29. The summed E-state index contributed by atoms with van der Waals surface area (Å²) in [5.74, 6) is 1.37. The number of nitrogens with zero attached hydrogens (tertiary/aromatic N) is 2. The second-order valence-corrected chi connectivity index (χ2v) is 8.50. The molecule has 0 radical (unpaired) electrons. The van der Waals surface area contributed by atoms with Crippen LogP contribution in [0.15, 0.2) is 59.6 Å². The number of fused-ring (bicyclic) bond motifs is 1. The molecule has 1 aliphatic rings. The van der Waals surface area contributed by atoms with Crippen LogP contribution < -0.4 is 9.47 Å². The number of hydrogen-bond donors (Lipinski definition) is 0. The van der Waals surface area contributed by atoms with E-state index in [1.807, 2.05) is 67.7 Å². The molecule has 2 heterocycles. The average Bonchev–Trinajstić information content (AvgIpc) is 3.29. The molecule has 1 fully saturated rings. The first-order chi connectivity index (χ1) is 15.6. The lowest BCUT2D eigenvalue weighted by atomic mass is 10.1. The Kier molecular flexibility index (Phi) is 6.85. The van der Waals surface area contributed by atoms with Gasteiger partial charge in [-0.05, 0) is 54.6 Å². The number of carbonyl (C=O) groups excluding carboxylic acids is 2. The number of aromatic nitrogens is 1. The number of hydrogen-bond acceptors (Lipinski definition) is 5. The third kappa shape index (κ3) is 4.67. The van der Waals surface area contributed by atoms with Gasteiger partial charge in [-0.25, -0.2) is 0 Å². The first-order valence-electron chi connectivity index (χ1n) is 10.7. The van der Waals surface area contributed by atoms with Gasteiger partial charge in [0.05, 0.1) is 18.6 Å². The molecule has 3 aromatic rings. The van der Waals surface area contributed by atoms with Crippen LogP contribution in [0.4, 0.5) is 4.79 Å². The van der Waals surface area contributed by atoms with Crippen LogP contribution in [-0.2, 0) is 11.3 Å². The van der Waals surface area contributed by atoms with E-state index < -0.39 is 0 Å². The largest absolute Gasteiger partial charge is 0.497 e. The van der Waals surface area contributed by atoms with Crippen LogP contribution in [-0.4, -0.2) is 40.9 Å². The molecule has 166 valence electrons. The van der Waals surface area contributed by atoms with E-state index in [9.17, 15) is 9.59 Å². The van der Waals surface area contributed by atoms with Crippen molar-refractivity contribution in [1.29, 1.82) is 0 Å². The molecular weight excluding hydrogens is 424 g/mol. The van der Waals surface area contributed by atoms with Gasteiger partial charge in [-0.1, -0.05) is 31.5 Å². The van der Waals surface area contributed by atoms with Crippen LogP contribution >= 0.6 is 11.8 Å². The smallest absolute Gasteiger partial charge is 0.293 e. The van der Waals surface area contributed by atoms with Gasteiger partial charge in [0, 0.05) is 29.2 Å². The molecule has 0 aliphatic carbocycles. The minimum atomic E-state index is -0.201. The minimum absolute atomic E-state index is 0.189. The van der Waals surface area contributed by atoms with E-state index >= 15 is 0 Å². The number of benzene rings is 2. The second-order valence-electron chi connectivity index (χ2n) is 7.51. The molecule has 1 saturated heterocycles. The molecule has 32 heavy (non-hydrogen) atoms. The zero-order valence-electron chi connectivity index (χ0n) is 18.2. The molecule has 4 rings (SSSR count). The van der Waals surface area contributed by atoms with Crippen molar-refractivity contribution in [3.8, 4) is 11.5 Å². The van der Waals surface area contributed by atoms with Crippen molar-refractivity contribution in [3.63, 3.8) is 0 Å². The summed E-state index contributed by atoms with van der Waals surface area (Å²) in [6.07, 6.45) is 5.60. The number of unbranched alkanes of at least 4 members (excludes halogenated alkanes) is 1. The van der Waals surface area contributed by atoms with E-state index in [-0.39, 0.29) is 11.1 Å². The zero-order chi connectivity index (χ0) is 22.5. The predicted octanol–water partition coefficient (Wildman–Crippen LogP) is 5.57. The van der Waals surface area contributed by atoms with Crippen LogP contribution in [0.1, 0.15) is 25.3 Å². The highest BCUT2D eigenvalue weighted by Gasteiger charge is 2.34. The number of rotatable bonds is 9. The summed E-state index contributed by atoms with van der Waals surface area (Å²) in [7, 11) is 1.64. The normalized spacial score (nSPS) is 15.2. The third-order valence-corrected chi connectivity index (χ3v) is 6.28. The lowest BCUT2D eigenvalue weighted by Gasteiger charge is -2.10. The topological polar surface area (TPSA) is 60.8 Å². The van der Waals surface area contributed by atoms with Crippen LogP contribution in [0.3, 0.4) is 0 Å². The molecule has 0 N–H and O–H groups in total. The van der Waals surface area contributed by atoms with E-state index in [0.717, 1.165) is 52.6 Å². The van der Waals surface area contributed by atoms with Gasteiger partial charge in [-0.3, -0.25) is 14.5 Å². The highest BCUT2D eigenvalue weighted by atomic mass is 32.2. The highest BCUT2D eigenvalue weighted by molar-refractivity contribution is 8.18. The average molecular weight is 451 g/mol. The number of methoxy groups -OCH3 is 1. The number of thioether (sulfide) groups is 1. The van der Waals surface area contributed by atoms with Gasteiger partial charge in [0.15, 0.2) is 0 Å². The second kappa shape index (κ2) is 9.96. The Morgan fingerprint density at radius 2 is 1.75 bits per heavy atom. The van der Waals surface area contributed by atoms with E-state index in [0.29, 0.717) is 24.6 Å². The molecule has 0 bridgehead atoms. The van der Waals surface area contributed by atoms with Crippen molar-refractivity contribution in [1.82, 2.24) is 9.47 Å². The fraction of sp³-hybridized carbons (Fsp3) is 0.280. The molecule has 6 nitrogen and oxygen atoms in total. The molecule has 0 spiro atoms. The monoisotopic (exact) mass is 450 g/mol. The highest BCUT2D eigenvalue weighted by Crippen LogP contribution is 2.34. The standard InChI is InChI=1S/C25H26N2O4S/c1-3-4-13-27-24(28)23(32-25(27)29)16-18-17-26(22-8-6-5-7-21(18)22)14-15-31-20-11-9-19(30-2)10-12-20/h5-12,16-17H,3-4,13-15H2,1-2H3/b23-16-. The van der Waals surface area contributed by atoms with E-state index in [1.54, 1.807) is 7.11 Å². The van der Waals surface area contributed by atoms with Gasteiger partial charge in [0.2, 0.25) is 0 Å². The quantitative estimate of drug-likeness (QED) is 0.399. The maximum absolute atomic E-state index is 12.7. The summed E-state index contributed by atoms with van der Waals surface area (Å²) in [5, 5.41) is 0.851.